The summed E-state index contributed by atoms with van der Waals surface area (Å²) in [6, 6.07) is 5.25. The molecule has 1 heterocycles. The maximum atomic E-state index is 12.5. The maximum Gasteiger partial charge on any atom is 0.422 e. The third-order valence-electron chi connectivity index (χ3n) is 4.68. The van der Waals surface area contributed by atoms with E-state index in [-0.39, 0.29) is 29.7 Å². The Balaban J connectivity index is 0.00000420. The molecular formula is C20H32F3IN4O. The first-order valence-corrected chi connectivity index (χ1v) is 9.83. The van der Waals surface area contributed by atoms with E-state index in [4.69, 9.17) is 4.74 Å². The number of nitrogens with zero attached hydrogens (tertiary/aromatic N) is 2. The Morgan fingerprint density at radius 3 is 2.55 bits per heavy atom. The molecule has 0 saturated carbocycles. The number of hydrogen-bond donors (Lipinski definition) is 2. The molecule has 1 fully saturated rings. The van der Waals surface area contributed by atoms with Crippen molar-refractivity contribution in [3.63, 3.8) is 0 Å². The van der Waals surface area contributed by atoms with Crippen molar-refractivity contribution < 1.29 is 17.9 Å². The molecular weight excluding hydrogens is 496 g/mol. The van der Waals surface area contributed by atoms with Crippen LogP contribution in [-0.2, 0) is 6.54 Å². The molecule has 1 saturated heterocycles. The Labute approximate surface area is 188 Å². The van der Waals surface area contributed by atoms with Gasteiger partial charge in [0, 0.05) is 25.7 Å². The number of benzene rings is 1. The molecule has 0 spiro atoms. The average molecular weight is 528 g/mol. The van der Waals surface area contributed by atoms with Crippen LogP contribution in [0.3, 0.4) is 0 Å². The van der Waals surface area contributed by atoms with Crippen molar-refractivity contribution in [1.29, 1.82) is 0 Å². The van der Waals surface area contributed by atoms with E-state index in [1.165, 1.54) is 25.9 Å². The summed E-state index contributed by atoms with van der Waals surface area (Å²) in [5.74, 6) is 0.870. The van der Waals surface area contributed by atoms with Gasteiger partial charge in [-0.1, -0.05) is 12.1 Å². The second-order valence-electron chi connectivity index (χ2n) is 7.12. The first-order chi connectivity index (χ1) is 13.4. The smallest absolute Gasteiger partial charge is 0.422 e. The molecule has 166 valence electrons. The minimum atomic E-state index is -4.36. The molecule has 1 aliphatic rings. The van der Waals surface area contributed by atoms with Gasteiger partial charge in [-0.25, -0.2) is 0 Å². The van der Waals surface area contributed by atoms with Crippen LogP contribution in [0.15, 0.2) is 23.2 Å². The molecule has 2 rings (SSSR count). The second kappa shape index (κ2) is 13.1. The van der Waals surface area contributed by atoms with Crippen LogP contribution in [0.2, 0.25) is 0 Å². The standard InChI is InChI=1S/C20H31F3N4O.HI/c1-16-7-8-17(18(13-16)28-15-20(21,22)23)14-26-19(24-2)25-9-3-4-10-27-11-5-6-12-27;/h7-8,13H,3-6,9-12,14-15H2,1-2H3,(H2,24,25,26);1H. The van der Waals surface area contributed by atoms with E-state index in [1.807, 2.05) is 13.0 Å². The Kier molecular flexibility index (Phi) is 11.7. The number of aryl methyl sites for hydroxylation is 1. The summed E-state index contributed by atoms with van der Waals surface area (Å²) < 4.78 is 42.4. The topological polar surface area (TPSA) is 48.9 Å². The van der Waals surface area contributed by atoms with Crippen molar-refractivity contribution in [2.75, 3.05) is 39.8 Å². The quantitative estimate of drug-likeness (QED) is 0.220. The van der Waals surface area contributed by atoms with Crippen molar-refractivity contribution >= 4 is 29.9 Å². The minimum absolute atomic E-state index is 0. The van der Waals surface area contributed by atoms with Crippen LogP contribution in [-0.4, -0.2) is 56.9 Å². The SMILES string of the molecule is CN=C(NCCCCN1CCCC1)NCc1ccc(C)cc1OCC(F)(F)F.I. The van der Waals surface area contributed by atoms with Crippen molar-refractivity contribution in [2.24, 2.45) is 4.99 Å². The van der Waals surface area contributed by atoms with Crippen molar-refractivity contribution in [1.82, 2.24) is 15.5 Å². The minimum Gasteiger partial charge on any atom is -0.484 e. The molecule has 1 aromatic carbocycles. The predicted octanol–water partition coefficient (Wildman–Crippen LogP) is 4.10. The summed E-state index contributed by atoms with van der Waals surface area (Å²) in [5.41, 5.74) is 1.51. The summed E-state index contributed by atoms with van der Waals surface area (Å²) in [4.78, 5) is 6.67. The normalized spacial score (nSPS) is 15.1. The second-order valence-corrected chi connectivity index (χ2v) is 7.12. The average Bonchev–Trinajstić information content (AvgIpc) is 3.16. The zero-order chi connectivity index (χ0) is 20.4. The van der Waals surface area contributed by atoms with Gasteiger partial charge in [-0.3, -0.25) is 4.99 Å². The van der Waals surface area contributed by atoms with Gasteiger partial charge in [-0.2, -0.15) is 13.2 Å². The van der Waals surface area contributed by atoms with Gasteiger partial charge in [0.05, 0.1) is 0 Å². The van der Waals surface area contributed by atoms with Gasteiger partial charge in [0.1, 0.15) is 5.75 Å². The summed E-state index contributed by atoms with van der Waals surface area (Å²) >= 11 is 0. The Morgan fingerprint density at radius 2 is 1.90 bits per heavy atom. The molecule has 0 bridgehead atoms. The Morgan fingerprint density at radius 1 is 1.17 bits per heavy atom. The number of aliphatic imine (C=N–C) groups is 1. The van der Waals surface area contributed by atoms with Crippen molar-refractivity contribution in [3.05, 3.63) is 29.3 Å². The Bertz CT molecular complexity index is 635. The lowest BCUT2D eigenvalue weighted by molar-refractivity contribution is -0.153. The third kappa shape index (κ3) is 10.4. The van der Waals surface area contributed by atoms with Crippen LogP contribution in [0, 0.1) is 6.92 Å². The lowest BCUT2D eigenvalue weighted by atomic mass is 10.1. The summed E-state index contributed by atoms with van der Waals surface area (Å²) in [7, 11) is 1.68. The third-order valence-corrected chi connectivity index (χ3v) is 4.68. The highest BCUT2D eigenvalue weighted by atomic mass is 127. The number of halogens is 4. The number of ether oxygens (including phenoxy) is 1. The van der Waals surface area contributed by atoms with Gasteiger partial charge in [0.15, 0.2) is 12.6 Å². The van der Waals surface area contributed by atoms with Gasteiger partial charge in [0.2, 0.25) is 0 Å². The van der Waals surface area contributed by atoms with Crippen LogP contribution in [0.4, 0.5) is 13.2 Å². The summed E-state index contributed by atoms with van der Waals surface area (Å²) in [6.45, 7) is 5.22. The first kappa shape index (κ1) is 25.8. The lowest BCUT2D eigenvalue weighted by Gasteiger charge is -2.17. The highest BCUT2D eigenvalue weighted by Gasteiger charge is 2.28. The van der Waals surface area contributed by atoms with E-state index in [2.05, 4.69) is 20.5 Å². The number of unbranched alkanes of at least 4 members (excludes halogenated alkanes) is 1. The summed E-state index contributed by atoms with van der Waals surface area (Å²) in [6.07, 6.45) is 0.436. The van der Waals surface area contributed by atoms with Crippen LogP contribution in [0.1, 0.15) is 36.8 Å². The molecule has 2 N–H and O–H groups in total. The molecule has 29 heavy (non-hydrogen) atoms. The van der Waals surface area contributed by atoms with Gasteiger partial charge in [-0.05, 0) is 63.9 Å². The van der Waals surface area contributed by atoms with Gasteiger partial charge in [-0.15, -0.1) is 24.0 Å². The maximum absolute atomic E-state index is 12.5. The largest absolute Gasteiger partial charge is 0.484 e. The first-order valence-electron chi connectivity index (χ1n) is 9.83. The molecule has 5 nitrogen and oxygen atoms in total. The highest BCUT2D eigenvalue weighted by molar-refractivity contribution is 14.0. The summed E-state index contributed by atoms with van der Waals surface area (Å²) in [5, 5.41) is 6.39. The number of guanidine groups is 1. The van der Waals surface area contributed by atoms with E-state index in [9.17, 15) is 13.2 Å². The molecule has 0 radical (unpaired) electrons. The molecule has 0 amide bonds. The van der Waals surface area contributed by atoms with Crippen molar-refractivity contribution in [2.45, 2.75) is 45.3 Å². The van der Waals surface area contributed by atoms with Gasteiger partial charge >= 0.3 is 6.18 Å². The fraction of sp³-hybridized carbons (Fsp3) is 0.650. The van der Waals surface area contributed by atoms with Crippen LogP contribution >= 0.6 is 24.0 Å². The fourth-order valence-electron chi connectivity index (χ4n) is 3.17. The highest BCUT2D eigenvalue weighted by Crippen LogP contribution is 2.23. The number of nitrogens with one attached hydrogen (secondary N) is 2. The van der Waals surface area contributed by atoms with E-state index < -0.39 is 12.8 Å². The monoisotopic (exact) mass is 528 g/mol. The van der Waals surface area contributed by atoms with E-state index in [1.54, 1.807) is 19.2 Å². The number of rotatable bonds is 9. The molecule has 9 heteroatoms. The van der Waals surface area contributed by atoms with Crippen molar-refractivity contribution in [3.8, 4) is 5.75 Å². The van der Waals surface area contributed by atoms with Gasteiger partial charge in [0.25, 0.3) is 0 Å². The molecule has 1 aromatic rings. The fourth-order valence-corrected chi connectivity index (χ4v) is 3.17. The molecule has 1 aliphatic heterocycles. The molecule has 0 aromatic heterocycles. The zero-order valence-electron chi connectivity index (χ0n) is 17.1. The van der Waals surface area contributed by atoms with Crippen LogP contribution in [0.25, 0.3) is 0 Å². The number of hydrogen-bond acceptors (Lipinski definition) is 3. The Hall–Kier alpha value is -1.23. The molecule has 0 atom stereocenters. The number of likely N-dealkylation sites (tertiary alicyclic amines) is 1. The van der Waals surface area contributed by atoms with E-state index >= 15 is 0 Å². The number of alkyl halides is 3. The van der Waals surface area contributed by atoms with E-state index in [0.29, 0.717) is 18.1 Å². The van der Waals surface area contributed by atoms with Crippen LogP contribution < -0.4 is 15.4 Å². The van der Waals surface area contributed by atoms with Gasteiger partial charge < -0.3 is 20.3 Å². The van der Waals surface area contributed by atoms with Crippen LogP contribution in [0.5, 0.6) is 5.75 Å². The molecule has 0 unspecified atom stereocenters. The van der Waals surface area contributed by atoms with E-state index in [0.717, 1.165) is 31.5 Å². The zero-order valence-corrected chi connectivity index (χ0v) is 19.5. The predicted molar refractivity (Wildman–Crippen MR) is 121 cm³/mol. The molecule has 0 aliphatic carbocycles. The lowest BCUT2D eigenvalue weighted by Crippen LogP contribution is -2.37.